The van der Waals surface area contributed by atoms with Crippen molar-refractivity contribution >= 4 is 21.6 Å². The average molecular weight is 302 g/mol. The van der Waals surface area contributed by atoms with Crippen LogP contribution in [-0.4, -0.2) is 20.3 Å². The van der Waals surface area contributed by atoms with Gasteiger partial charge in [-0.3, -0.25) is 0 Å². The Morgan fingerprint density at radius 1 is 1.26 bits per heavy atom. The molecule has 1 aliphatic carbocycles. The molecule has 0 saturated heterocycles. The van der Waals surface area contributed by atoms with Crippen molar-refractivity contribution in [3.63, 3.8) is 0 Å². The summed E-state index contributed by atoms with van der Waals surface area (Å²) in [6.07, 6.45) is 3.73. The summed E-state index contributed by atoms with van der Waals surface area (Å²) in [5.41, 5.74) is 1.06. The zero-order valence-corrected chi connectivity index (χ0v) is 12.7. The first-order chi connectivity index (χ1) is 9.01. The summed E-state index contributed by atoms with van der Waals surface area (Å²) in [6.45, 7) is 2.16. The smallest absolute Gasteiger partial charge is 0.208 e. The van der Waals surface area contributed by atoms with Gasteiger partial charge in [0.05, 0.1) is 4.90 Å². The van der Waals surface area contributed by atoms with Crippen molar-refractivity contribution in [1.82, 2.24) is 4.72 Å². The van der Waals surface area contributed by atoms with Crippen molar-refractivity contribution in [2.45, 2.75) is 43.5 Å². The van der Waals surface area contributed by atoms with Gasteiger partial charge in [-0.25, -0.2) is 13.1 Å². The molecule has 5 heteroatoms. The molecule has 2 atom stereocenters. The second-order valence-corrected chi connectivity index (χ2v) is 7.41. The van der Waals surface area contributed by atoms with Crippen molar-refractivity contribution < 1.29 is 8.42 Å². The Hall–Kier alpha value is -0.580. The standard InChI is InChI=1S/C14H20ClNO2S/c1-11-2-5-13(10-11)16-19(17,18)14-6-3-12(4-7-14)8-9-15/h3-4,6-7,11,13,16H,2,5,8-10H2,1H3. The number of halogens is 1. The minimum absolute atomic E-state index is 0.0857. The molecule has 1 aromatic rings. The van der Waals surface area contributed by atoms with Crippen LogP contribution in [0.2, 0.25) is 0 Å². The van der Waals surface area contributed by atoms with Crippen LogP contribution in [0.4, 0.5) is 0 Å². The molecule has 1 N–H and O–H groups in total. The number of hydrogen-bond donors (Lipinski definition) is 1. The predicted molar refractivity (Wildman–Crippen MR) is 78.0 cm³/mol. The molecule has 0 heterocycles. The van der Waals surface area contributed by atoms with Crippen molar-refractivity contribution in [3.8, 4) is 0 Å². The molecule has 0 radical (unpaired) electrons. The summed E-state index contributed by atoms with van der Waals surface area (Å²) < 4.78 is 27.3. The summed E-state index contributed by atoms with van der Waals surface area (Å²) in [6, 6.07) is 7.05. The minimum Gasteiger partial charge on any atom is -0.208 e. The first-order valence-corrected chi connectivity index (χ1v) is 8.70. The Labute approximate surface area is 120 Å². The van der Waals surface area contributed by atoms with Crippen LogP contribution in [0.1, 0.15) is 31.7 Å². The highest BCUT2D eigenvalue weighted by molar-refractivity contribution is 7.89. The number of sulfonamides is 1. The van der Waals surface area contributed by atoms with Gasteiger partial charge in [0.25, 0.3) is 0 Å². The molecule has 1 aliphatic rings. The van der Waals surface area contributed by atoms with E-state index in [9.17, 15) is 8.42 Å². The van der Waals surface area contributed by atoms with Crippen LogP contribution in [0.25, 0.3) is 0 Å². The lowest BCUT2D eigenvalue weighted by atomic mass is 10.1. The van der Waals surface area contributed by atoms with Crippen LogP contribution in [-0.2, 0) is 16.4 Å². The highest BCUT2D eigenvalue weighted by atomic mass is 35.5. The summed E-state index contributed by atoms with van der Waals surface area (Å²) in [7, 11) is -3.38. The van der Waals surface area contributed by atoms with Gasteiger partial charge in [-0.1, -0.05) is 19.1 Å². The summed E-state index contributed by atoms with van der Waals surface area (Å²) in [5.74, 6) is 1.16. The van der Waals surface area contributed by atoms with E-state index in [1.807, 2.05) is 12.1 Å². The molecule has 1 saturated carbocycles. The van der Waals surface area contributed by atoms with Gasteiger partial charge in [0, 0.05) is 11.9 Å². The van der Waals surface area contributed by atoms with Crippen LogP contribution in [0.15, 0.2) is 29.2 Å². The molecule has 0 aromatic heterocycles. The van der Waals surface area contributed by atoms with Crippen LogP contribution in [0, 0.1) is 5.92 Å². The second-order valence-electron chi connectivity index (χ2n) is 5.32. The third-order valence-electron chi connectivity index (χ3n) is 3.63. The zero-order chi connectivity index (χ0) is 13.9. The van der Waals surface area contributed by atoms with E-state index in [2.05, 4.69) is 11.6 Å². The van der Waals surface area contributed by atoms with E-state index in [1.165, 1.54) is 0 Å². The fourth-order valence-electron chi connectivity index (χ4n) is 2.55. The number of aryl methyl sites for hydroxylation is 1. The van der Waals surface area contributed by atoms with Gasteiger partial charge in [0.1, 0.15) is 0 Å². The molecule has 0 bridgehead atoms. The third kappa shape index (κ3) is 3.94. The molecular formula is C14H20ClNO2S. The van der Waals surface area contributed by atoms with Crippen molar-refractivity contribution in [2.24, 2.45) is 5.92 Å². The SMILES string of the molecule is CC1CCC(NS(=O)(=O)c2ccc(CCCl)cc2)C1. The zero-order valence-electron chi connectivity index (χ0n) is 11.1. The lowest BCUT2D eigenvalue weighted by molar-refractivity contribution is 0.538. The number of alkyl halides is 1. The van der Waals surface area contributed by atoms with Gasteiger partial charge in [0.15, 0.2) is 0 Å². The highest BCUT2D eigenvalue weighted by Gasteiger charge is 2.26. The fourth-order valence-corrected chi connectivity index (χ4v) is 4.05. The Morgan fingerprint density at radius 3 is 2.47 bits per heavy atom. The van der Waals surface area contributed by atoms with E-state index in [4.69, 9.17) is 11.6 Å². The Balaban J connectivity index is 2.06. The second kappa shape index (κ2) is 6.25. The van der Waals surface area contributed by atoms with Crippen LogP contribution in [0.5, 0.6) is 0 Å². The number of rotatable bonds is 5. The Kier molecular flexibility index (Phi) is 4.87. The van der Waals surface area contributed by atoms with Gasteiger partial charge >= 0.3 is 0 Å². The summed E-state index contributed by atoms with van der Waals surface area (Å²) in [4.78, 5) is 0.338. The summed E-state index contributed by atoms with van der Waals surface area (Å²) >= 11 is 5.66. The van der Waals surface area contributed by atoms with Crippen molar-refractivity contribution in [2.75, 3.05) is 5.88 Å². The van der Waals surface area contributed by atoms with E-state index in [-0.39, 0.29) is 6.04 Å². The van der Waals surface area contributed by atoms with E-state index >= 15 is 0 Å². The molecule has 0 amide bonds. The molecule has 2 rings (SSSR count). The van der Waals surface area contributed by atoms with Crippen molar-refractivity contribution in [3.05, 3.63) is 29.8 Å². The normalized spacial score (nSPS) is 23.7. The number of nitrogens with one attached hydrogen (secondary N) is 1. The van der Waals surface area contributed by atoms with E-state index in [0.717, 1.165) is 31.2 Å². The number of benzene rings is 1. The maximum absolute atomic E-state index is 12.2. The molecule has 1 fully saturated rings. The largest absolute Gasteiger partial charge is 0.240 e. The van der Waals surface area contributed by atoms with Crippen LogP contribution < -0.4 is 4.72 Å². The third-order valence-corrected chi connectivity index (χ3v) is 5.36. The average Bonchev–Trinajstić information content (AvgIpc) is 2.75. The molecule has 2 unspecified atom stereocenters. The minimum atomic E-state index is -3.38. The number of hydrogen-bond acceptors (Lipinski definition) is 2. The van der Waals surface area contributed by atoms with E-state index in [0.29, 0.717) is 16.7 Å². The highest BCUT2D eigenvalue weighted by Crippen LogP contribution is 2.26. The molecule has 1 aromatic carbocycles. The van der Waals surface area contributed by atoms with E-state index < -0.39 is 10.0 Å². The van der Waals surface area contributed by atoms with Crippen LogP contribution in [0.3, 0.4) is 0 Å². The lowest BCUT2D eigenvalue weighted by Gasteiger charge is -2.13. The topological polar surface area (TPSA) is 46.2 Å². The Morgan fingerprint density at radius 2 is 1.95 bits per heavy atom. The maximum Gasteiger partial charge on any atom is 0.240 e. The lowest BCUT2D eigenvalue weighted by Crippen LogP contribution is -2.32. The first-order valence-electron chi connectivity index (χ1n) is 6.68. The molecule has 0 spiro atoms. The van der Waals surface area contributed by atoms with Gasteiger partial charge in [-0.15, -0.1) is 11.6 Å². The van der Waals surface area contributed by atoms with Gasteiger partial charge < -0.3 is 0 Å². The quantitative estimate of drug-likeness (QED) is 0.850. The van der Waals surface area contributed by atoms with E-state index in [1.54, 1.807) is 12.1 Å². The Bertz CT molecular complexity index is 513. The molecule has 3 nitrogen and oxygen atoms in total. The monoisotopic (exact) mass is 301 g/mol. The molecule has 19 heavy (non-hydrogen) atoms. The molecule has 106 valence electrons. The van der Waals surface area contributed by atoms with Crippen LogP contribution >= 0.6 is 11.6 Å². The summed E-state index contributed by atoms with van der Waals surface area (Å²) in [5, 5.41) is 0. The van der Waals surface area contributed by atoms with Gasteiger partial charge in [0.2, 0.25) is 10.0 Å². The van der Waals surface area contributed by atoms with Gasteiger partial charge in [-0.2, -0.15) is 0 Å². The maximum atomic E-state index is 12.2. The fraction of sp³-hybridized carbons (Fsp3) is 0.571. The van der Waals surface area contributed by atoms with Crippen molar-refractivity contribution in [1.29, 1.82) is 0 Å². The molecule has 0 aliphatic heterocycles. The molecular weight excluding hydrogens is 282 g/mol. The first kappa shape index (κ1) is 14.8. The van der Waals surface area contributed by atoms with Gasteiger partial charge in [-0.05, 0) is 49.3 Å². The predicted octanol–water partition coefficient (Wildman–Crippen LogP) is 2.93.